The van der Waals surface area contributed by atoms with Gasteiger partial charge in [-0.3, -0.25) is 0 Å². The lowest BCUT2D eigenvalue weighted by Gasteiger charge is -2.16. The molecule has 0 heterocycles. The molecule has 0 aromatic carbocycles. The maximum Gasteiger partial charge on any atom is 0.0720 e. The molecule has 2 saturated carbocycles. The first-order valence-corrected chi connectivity index (χ1v) is 4.69. The summed E-state index contributed by atoms with van der Waals surface area (Å²) in [6, 6.07) is 0.296. The van der Waals surface area contributed by atoms with Gasteiger partial charge in [0.25, 0.3) is 0 Å². The summed E-state index contributed by atoms with van der Waals surface area (Å²) < 4.78 is 0. The molecule has 11 heavy (non-hydrogen) atoms. The minimum atomic E-state index is 0.289. The smallest absolute Gasteiger partial charge is 0.0720 e. The molecule has 0 bridgehead atoms. The molecule has 2 N–H and O–H groups in total. The van der Waals surface area contributed by atoms with Crippen LogP contribution in [0.5, 0.6) is 0 Å². The molecule has 1 nitrogen and oxygen atoms in total. The highest BCUT2D eigenvalue weighted by Crippen LogP contribution is 2.49. The third-order valence-electron chi connectivity index (χ3n) is 3.55. The second-order valence-corrected chi connectivity index (χ2v) is 4.48. The zero-order chi connectivity index (χ0) is 8.01. The third kappa shape index (κ3) is 1.12. The minimum Gasteiger partial charge on any atom is -0.328 e. The number of hydrogen-bond acceptors (Lipinski definition) is 1. The Morgan fingerprint density at radius 3 is 2.64 bits per heavy atom. The van der Waals surface area contributed by atoms with Crippen LogP contribution in [-0.2, 0) is 0 Å². The summed E-state index contributed by atoms with van der Waals surface area (Å²) in [5.74, 6) is 2.79. The van der Waals surface area contributed by atoms with E-state index in [1.54, 1.807) is 0 Å². The van der Waals surface area contributed by atoms with Crippen LogP contribution in [0.25, 0.3) is 0 Å². The Kier molecular flexibility index (Phi) is 1.75. The second-order valence-electron chi connectivity index (χ2n) is 4.48. The average molecular weight is 149 g/mol. The molecule has 2 heteroatoms. The van der Waals surface area contributed by atoms with Crippen LogP contribution in [-0.4, -0.2) is 13.9 Å². The standard InChI is InChI=1S/C9H16BN/c1-5-2-6-4-8(10)9(11)7(6)3-5/h5-9H,2-4,11H2,1H3. The van der Waals surface area contributed by atoms with Gasteiger partial charge in [0.1, 0.15) is 0 Å². The minimum absolute atomic E-state index is 0.289. The lowest BCUT2D eigenvalue weighted by Crippen LogP contribution is -2.28. The van der Waals surface area contributed by atoms with E-state index < -0.39 is 0 Å². The number of hydrogen-bond donors (Lipinski definition) is 1. The summed E-state index contributed by atoms with van der Waals surface area (Å²) in [6.45, 7) is 2.33. The van der Waals surface area contributed by atoms with Crippen LogP contribution in [0.4, 0.5) is 0 Å². The molecular formula is C9H16BN. The molecule has 60 valence electrons. The Bertz CT molecular complexity index is 160. The van der Waals surface area contributed by atoms with Crippen molar-refractivity contribution in [1.29, 1.82) is 0 Å². The zero-order valence-electron chi connectivity index (χ0n) is 7.16. The van der Waals surface area contributed by atoms with Crippen LogP contribution in [0, 0.1) is 17.8 Å². The molecule has 0 saturated heterocycles. The fraction of sp³-hybridized carbons (Fsp3) is 1.00. The van der Waals surface area contributed by atoms with Gasteiger partial charge in [0.15, 0.2) is 0 Å². The van der Waals surface area contributed by atoms with Crippen LogP contribution >= 0.6 is 0 Å². The van der Waals surface area contributed by atoms with Gasteiger partial charge in [-0.1, -0.05) is 19.2 Å². The van der Waals surface area contributed by atoms with Crippen molar-refractivity contribution in [2.45, 2.75) is 38.0 Å². The fourth-order valence-corrected chi connectivity index (χ4v) is 3.01. The van der Waals surface area contributed by atoms with E-state index in [-0.39, 0.29) is 5.82 Å². The Morgan fingerprint density at radius 2 is 2.00 bits per heavy atom. The first kappa shape index (κ1) is 7.66. The number of fused-ring (bicyclic) bond motifs is 1. The summed E-state index contributed by atoms with van der Waals surface area (Å²) in [6.07, 6.45) is 3.86. The number of nitrogens with two attached hydrogens (primary N) is 1. The van der Waals surface area contributed by atoms with Crippen molar-refractivity contribution in [3.05, 3.63) is 0 Å². The summed E-state index contributed by atoms with van der Waals surface area (Å²) in [5, 5.41) is 0. The average Bonchev–Trinajstić information content (AvgIpc) is 2.37. The van der Waals surface area contributed by atoms with Crippen molar-refractivity contribution in [2.24, 2.45) is 23.5 Å². The molecule has 0 aliphatic heterocycles. The van der Waals surface area contributed by atoms with Crippen molar-refractivity contribution in [3.63, 3.8) is 0 Å². The van der Waals surface area contributed by atoms with Gasteiger partial charge in [-0.05, 0) is 30.6 Å². The molecule has 2 aliphatic rings. The Labute approximate surface area is 70.1 Å². The molecule has 0 aromatic heterocycles. The van der Waals surface area contributed by atoms with Gasteiger partial charge in [0, 0.05) is 6.04 Å². The van der Waals surface area contributed by atoms with Crippen molar-refractivity contribution < 1.29 is 0 Å². The largest absolute Gasteiger partial charge is 0.328 e. The second kappa shape index (κ2) is 2.51. The summed E-state index contributed by atoms with van der Waals surface area (Å²) in [7, 11) is 5.89. The van der Waals surface area contributed by atoms with Crippen LogP contribution in [0.15, 0.2) is 0 Å². The van der Waals surface area contributed by atoms with Crippen molar-refractivity contribution in [1.82, 2.24) is 0 Å². The Hall–Kier alpha value is 0.0249. The molecule has 0 aromatic rings. The molecule has 2 aliphatic carbocycles. The SMILES string of the molecule is [B]C1CC2CC(C)CC2C1N. The highest BCUT2D eigenvalue weighted by Gasteiger charge is 2.43. The van der Waals surface area contributed by atoms with E-state index in [0.29, 0.717) is 6.04 Å². The summed E-state index contributed by atoms with van der Waals surface area (Å²) in [4.78, 5) is 0. The topological polar surface area (TPSA) is 26.0 Å². The van der Waals surface area contributed by atoms with Crippen LogP contribution < -0.4 is 5.73 Å². The van der Waals surface area contributed by atoms with Crippen LogP contribution in [0.2, 0.25) is 5.82 Å². The molecule has 0 spiro atoms. The quantitative estimate of drug-likeness (QED) is 0.516. The van der Waals surface area contributed by atoms with Crippen molar-refractivity contribution in [3.8, 4) is 0 Å². The van der Waals surface area contributed by atoms with Gasteiger partial charge in [-0.25, -0.2) is 0 Å². The van der Waals surface area contributed by atoms with E-state index in [9.17, 15) is 0 Å². The molecule has 5 atom stereocenters. The van der Waals surface area contributed by atoms with Crippen molar-refractivity contribution in [2.75, 3.05) is 0 Å². The molecule has 2 radical (unpaired) electrons. The van der Waals surface area contributed by atoms with E-state index in [4.69, 9.17) is 13.6 Å². The molecular weight excluding hydrogens is 133 g/mol. The van der Waals surface area contributed by atoms with Gasteiger partial charge in [-0.2, -0.15) is 0 Å². The van der Waals surface area contributed by atoms with E-state index in [0.717, 1.165) is 17.8 Å². The highest BCUT2D eigenvalue weighted by molar-refractivity contribution is 6.12. The van der Waals surface area contributed by atoms with E-state index in [1.807, 2.05) is 0 Å². The molecule has 5 unspecified atom stereocenters. The molecule has 2 rings (SSSR count). The highest BCUT2D eigenvalue weighted by atomic mass is 14.7. The van der Waals surface area contributed by atoms with Gasteiger partial charge in [0.2, 0.25) is 0 Å². The summed E-state index contributed by atoms with van der Waals surface area (Å²) in [5.41, 5.74) is 6.00. The van der Waals surface area contributed by atoms with Gasteiger partial charge >= 0.3 is 0 Å². The van der Waals surface area contributed by atoms with E-state index >= 15 is 0 Å². The first-order chi connectivity index (χ1) is 5.18. The van der Waals surface area contributed by atoms with Gasteiger partial charge < -0.3 is 5.73 Å². The van der Waals surface area contributed by atoms with Crippen molar-refractivity contribution >= 4 is 7.85 Å². The van der Waals surface area contributed by atoms with E-state index in [1.165, 1.54) is 19.3 Å². The molecule has 2 fully saturated rings. The summed E-state index contributed by atoms with van der Waals surface area (Å²) >= 11 is 0. The van der Waals surface area contributed by atoms with Gasteiger partial charge in [0.05, 0.1) is 7.85 Å². The normalized spacial score (nSPS) is 56.4. The predicted octanol–water partition coefficient (Wildman–Crippen LogP) is 1.34. The predicted molar refractivity (Wildman–Crippen MR) is 47.5 cm³/mol. The maximum atomic E-state index is 6.00. The fourth-order valence-electron chi connectivity index (χ4n) is 3.01. The Morgan fingerprint density at radius 1 is 1.27 bits per heavy atom. The first-order valence-electron chi connectivity index (χ1n) is 4.69. The lowest BCUT2D eigenvalue weighted by molar-refractivity contribution is 0.419. The monoisotopic (exact) mass is 149 g/mol. The van der Waals surface area contributed by atoms with Gasteiger partial charge in [-0.15, -0.1) is 0 Å². The zero-order valence-corrected chi connectivity index (χ0v) is 7.16. The maximum absolute atomic E-state index is 6.00. The van der Waals surface area contributed by atoms with E-state index in [2.05, 4.69) is 6.92 Å². The lowest BCUT2D eigenvalue weighted by atomic mass is 9.80. The van der Waals surface area contributed by atoms with Crippen LogP contribution in [0.1, 0.15) is 26.2 Å². The Balaban J connectivity index is 2.07. The third-order valence-corrected chi connectivity index (χ3v) is 3.55. The number of rotatable bonds is 0. The molecule has 0 amide bonds. The van der Waals surface area contributed by atoms with Crippen LogP contribution in [0.3, 0.4) is 0 Å².